The van der Waals surface area contributed by atoms with Gasteiger partial charge in [-0.3, -0.25) is 0 Å². The number of benzene rings is 2. The predicted octanol–water partition coefficient (Wildman–Crippen LogP) is 4.78. The molecule has 0 aliphatic heterocycles. The second kappa shape index (κ2) is 6.42. The molecular formula is C15H11F6N3. The van der Waals surface area contributed by atoms with Crippen molar-refractivity contribution in [1.82, 2.24) is 0 Å². The van der Waals surface area contributed by atoms with Gasteiger partial charge in [0.05, 0.1) is 16.8 Å². The number of rotatable bonds is 2. The molecule has 0 radical (unpaired) electrons. The molecule has 0 amide bonds. The summed E-state index contributed by atoms with van der Waals surface area (Å²) in [4.78, 5) is 3.72. The molecule has 9 heteroatoms. The normalized spacial score (nSPS) is 13.0. The Hall–Kier alpha value is -2.71. The molecule has 0 atom stereocenters. The van der Waals surface area contributed by atoms with Crippen LogP contribution in [0.4, 0.5) is 37.7 Å². The molecule has 0 saturated carbocycles. The molecule has 2 rings (SSSR count). The van der Waals surface area contributed by atoms with Crippen LogP contribution in [0.15, 0.2) is 53.5 Å². The van der Waals surface area contributed by atoms with E-state index in [1.54, 1.807) is 0 Å². The van der Waals surface area contributed by atoms with E-state index in [9.17, 15) is 26.3 Å². The van der Waals surface area contributed by atoms with Crippen LogP contribution in [0.5, 0.6) is 0 Å². The van der Waals surface area contributed by atoms with Crippen molar-refractivity contribution in [2.45, 2.75) is 12.4 Å². The van der Waals surface area contributed by atoms with Crippen LogP contribution in [-0.4, -0.2) is 5.96 Å². The van der Waals surface area contributed by atoms with Crippen molar-refractivity contribution in [1.29, 1.82) is 0 Å². The highest BCUT2D eigenvalue weighted by molar-refractivity contribution is 5.94. The lowest BCUT2D eigenvalue weighted by molar-refractivity contribution is -0.138. The van der Waals surface area contributed by atoms with E-state index in [0.29, 0.717) is 0 Å². The van der Waals surface area contributed by atoms with Crippen molar-refractivity contribution in [2.24, 2.45) is 10.7 Å². The maximum Gasteiger partial charge on any atom is 0.416 e. The van der Waals surface area contributed by atoms with E-state index in [4.69, 9.17) is 5.73 Å². The summed E-state index contributed by atoms with van der Waals surface area (Å²) in [5, 5.41) is 2.41. The molecule has 0 heterocycles. The highest BCUT2D eigenvalue weighted by Gasteiger charge is 2.31. The number of halogens is 6. The van der Waals surface area contributed by atoms with Gasteiger partial charge in [-0.05, 0) is 36.4 Å². The predicted molar refractivity (Wildman–Crippen MR) is 77.8 cm³/mol. The molecule has 0 spiro atoms. The van der Waals surface area contributed by atoms with Gasteiger partial charge in [-0.15, -0.1) is 0 Å². The van der Waals surface area contributed by atoms with Gasteiger partial charge in [-0.25, -0.2) is 4.99 Å². The Kier molecular flexibility index (Phi) is 4.72. The Balaban J connectivity index is 2.21. The van der Waals surface area contributed by atoms with Gasteiger partial charge in [0.15, 0.2) is 5.96 Å². The van der Waals surface area contributed by atoms with E-state index < -0.39 is 23.5 Å². The molecule has 3 N–H and O–H groups in total. The SMILES string of the molecule is NC(=Nc1cccc(C(F)(F)F)c1)Nc1cccc(C(F)(F)F)c1. The summed E-state index contributed by atoms with van der Waals surface area (Å²) in [6.45, 7) is 0. The zero-order chi connectivity index (χ0) is 18.0. The summed E-state index contributed by atoms with van der Waals surface area (Å²) < 4.78 is 75.7. The van der Waals surface area contributed by atoms with Crippen molar-refractivity contribution in [3.63, 3.8) is 0 Å². The minimum atomic E-state index is -4.53. The Bertz CT molecular complexity index is 749. The molecular weight excluding hydrogens is 336 g/mol. The lowest BCUT2D eigenvalue weighted by Gasteiger charge is -2.10. The standard InChI is InChI=1S/C15H11F6N3/c16-14(17,18)9-3-1-5-11(7-9)23-13(22)24-12-6-2-4-10(8-12)15(19,20)21/h1-8H,(H3,22,23,24). The lowest BCUT2D eigenvalue weighted by atomic mass is 10.2. The Labute approximate surface area is 132 Å². The summed E-state index contributed by atoms with van der Waals surface area (Å²) in [7, 11) is 0. The summed E-state index contributed by atoms with van der Waals surface area (Å²) in [6.07, 6.45) is -9.06. The molecule has 2 aromatic carbocycles. The molecule has 0 aliphatic rings. The van der Waals surface area contributed by atoms with Crippen LogP contribution >= 0.6 is 0 Å². The molecule has 0 fully saturated rings. The van der Waals surface area contributed by atoms with Crippen LogP contribution in [-0.2, 0) is 12.4 Å². The fourth-order valence-corrected chi connectivity index (χ4v) is 1.84. The first-order valence-electron chi connectivity index (χ1n) is 6.51. The molecule has 0 aliphatic carbocycles. The third-order valence-corrected chi connectivity index (χ3v) is 2.89. The van der Waals surface area contributed by atoms with Gasteiger partial charge in [0, 0.05) is 5.69 Å². The quantitative estimate of drug-likeness (QED) is 0.467. The van der Waals surface area contributed by atoms with Gasteiger partial charge < -0.3 is 11.1 Å². The largest absolute Gasteiger partial charge is 0.416 e. The van der Waals surface area contributed by atoms with Gasteiger partial charge in [-0.2, -0.15) is 26.3 Å². The van der Waals surface area contributed by atoms with Crippen molar-refractivity contribution in [3.8, 4) is 0 Å². The van der Waals surface area contributed by atoms with Crippen LogP contribution < -0.4 is 11.1 Å². The first-order chi connectivity index (χ1) is 11.1. The topological polar surface area (TPSA) is 50.4 Å². The van der Waals surface area contributed by atoms with Crippen LogP contribution in [0.1, 0.15) is 11.1 Å². The van der Waals surface area contributed by atoms with E-state index in [0.717, 1.165) is 30.3 Å². The number of nitrogens with zero attached hydrogens (tertiary/aromatic N) is 1. The van der Waals surface area contributed by atoms with Gasteiger partial charge in [0.25, 0.3) is 0 Å². The van der Waals surface area contributed by atoms with Crippen LogP contribution in [0.25, 0.3) is 0 Å². The van der Waals surface area contributed by atoms with Gasteiger partial charge in [0.1, 0.15) is 0 Å². The van der Waals surface area contributed by atoms with E-state index in [2.05, 4.69) is 10.3 Å². The van der Waals surface area contributed by atoms with E-state index in [1.165, 1.54) is 18.2 Å². The third kappa shape index (κ3) is 4.64. The number of hydrogen-bond donors (Lipinski definition) is 2. The van der Waals surface area contributed by atoms with Gasteiger partial charge in [-0.1, -0.05) is 12.1 Å². The zero-order valence-corrected chi connectivity index (χ0v) is 11.9. The summed E-state index contributed by atoms with van der Waals surface area (Å²) >= 11 is 0. The van der Waals surface area contributed by atoms with E-state index >= 15 is 0 Å². The summed E-state index contributed by atoms with van der Waals surface area (Å²) in [6, 6.07) is 8.28. The second-order valence-corrected chi connectivity index (χ2v) is 4.75. The Morgan fingerprint density at radius 2 is 1.38 bits per heavy atom. The van der Waals surface area contributed by atoms with Crippen LogP contribution in [0, 0.1) is 0 Å². The number of alkyl halides is 6. The molecule has 0 bridgehead atoms. The monoisotopic (exact) mass is 347 g/mol. The molecule has 0 aromatic heterocycles. The Morgan fingerprint density at radius 1 is 0.833 bits per heavy atom. The van der Waals surface area contributed by atoms with Crippen LogP contribution in [0.2, 0.25) is 0 Å². The van der Waals surface area contributed by atoms with Crippen molar-refractivity contribution in [3.05, 3.63) is 59.7 Å². The summed E-state index contributed by atoms with van der Waals surface area (Å²) in [5.74, 6) is -0.339. The molecule has 24 heavy (non-hydrogen) atoms. The first-order valence-corrected chi connectivity index (χ1v) is 6.51. The molecule has 0 saturated heterocycles. The maximum absolute atomic E-state index is 12.6. The smallest absolute Gasteiger partial charge is 0.369 e. The van der Waals surface area contributed by atoms with E-state index in [1.807, 2.05) is 0 Å². The highest BCUT2D eigenvalue weighted by Crippen LogP contribution is 2.32. The molecule has 3 nitrogen and oxygen atoms in total. The number of guanidine groups is 1. The van der Waals surface area contributed by atoms with E-state index in [-0.39, 0.29) is 17.3 Å². The van der Waals surface area contributed by atoms with Crippen molar-refractivity contribution in [2.75, 3.05) is 5.32 Å². The second-order valence-electron chi connectivity index (χ2n) is 4.75. The number of anilines is 1. The van der Waals surface area contributed by atoms with Gasteiger partial charge in [0.2, 0.25) is 0 Å². The minimum absolute atomic E-state index is 0.0121. The summed E-state index contributed by atoms with van der Waals surface area (Å²) in [5.41, 5.74) is 3.67. The molecule has 128 valence electrons. The van der Waals surface area contributed by atoms with Crippen molar-refractivity contribution >= 4 is 17.3 Å². The average molecular weight is 347 g/mol. The number of nitrogens with one attached hydrogen (secondary N) is 1. The third-order valence-electron chi connectivity index (χ3n) is 2.89. The fraction of sp³-hybridized carbons (Fsp3) is 0.133. The fourth-order valence-electron chi connectivity index (χ4n) is 1.84. The lowest BCUT2D eigenvalue weighted by Crippen LogP contribution is -2.22. The average Bonchev–Trinajstić information content (AvgIpc) is 2.46. The van der Waals surface area contributed by atoms with Gasteiger partial charge >= 0.3 is 12.4 Å². The van der Waals surface area contributed by atoms with Crippen LogP contribution in [0.3, 0.4) is 0 Å². The molecule has 0 unspecified atom stereocenters. The van der Waals surface area contributed by atoms with Crippen molar-refractivity contribution < 1.29 is 26.3 Å². The number of aliphatic imine (C=N–C) groups is 1. The zero-order valence-electron chi connectivity index (χ0n) is 11.9. The Morgan fingerprint density at radius 3 is 1.96 bits per heavy atom. The maximum atomic E-state index is 12.6. The molecule has 2 aromatic rings. The number of nitrogens with two attached hydrogens (primary N) is 1. The number of hydrogen-bond acceptors (Lipinski definition) is 1. The first kappa shape index (κ1) is 17.6. The minimum Gasteiger partial charge on any atom is -0.369 e. The highest BCUT2D eigenvalue weighted by atomic mass is 19.4.